The highest BCUT2D eigenvalue weighted by Crippen LogP contribution is 2.26. The largest absolute Gasteiger partial charge is 0.481 e. The highest BCUT2D eigenvalue weighted by molar-refractivity contribution is 5.81. The molecule has 2 aromatic rings. The Labute approximate surface area is 156 Å². The van der Waals surface area contributed by atoms with Gasteiger partial charge in [0.25, 0.3) is 5.91 Å². The molecule has 2 aromatic carbocycles. The Kier molecular flexibility index (Phi) is 6.32. The van der Waals surface area contributed by atoms with Crippen LogP contribution in [0.1, 0.15) is 55.7 Å². The van der Waals surface area contributed by atoms with Gasteiger partial charge >= 0.3 is 0 Å². The summed E-state index contributed by atoms with van der Waals surface area (Å²) in [7, 11) is 0. The second kappa shape index (κ2) is 8.88. The van der Waals surface area contributed by atoms with Gasteiger partial charge in [0.1, 0.15) is 5.75 Å². The highest BCUT2D eigenvalue weighted by atomic mass is 16.5. The van der Waals surface area contributed by atoms with E-state index in [1.165, 1.54) is 29.5 Å². The van der Waals surface area contributed by atoms with E-state index in [1.54, 1.807) is 0 Å². The summed E-state index contributed by atoms with van der Waals surface area (Å²) in [5.74, 6) is 1.05. The fourth-order valence-corrected chi connectivity index (χ4v) is 3.54. The van der Waals surface area contributed by atoms with E-state index in [-0.39, 0.29) is 11.8 Å². The van der Waals surface area contributed by atoms with Gasteiger partial charge in [-0.3, -0.25) is 4.79 Å². The van der Waals surface area contributed by atoms with Crippen molar-refractivity contribution in [3.63, 3.8) is 0 Å². The van der Waals surface area contributed by atoms with Crippen LogP contribution in [-0.2, 0) is 17.6 Å². The third-order valence-electron chi connectivity index (χ3n) is 5.21. The van der Waals surface area contributed by atoms with Gasteiger partial charge in [0.15, 0.2) is 6.10 Å². The van der Waals surface area contributed by atoms with Gasteiger partial charge < -0.3 is 10.1 Å². The van der Waals surface area contributed by atoms with Crippen LogP contribution >= 0.6 is 0 Å². The summed E-state index contributed by atoms with van der Waals surface area (Å²) in [6.07, 6.45) is 5.00. The fraction of sp³-hybridized carbons (Fsp3) is 0.435. The quantitative estimate of drug-likeness (QED) is 0.789. The van der Waals surface area contributed by atoms with Crippen molar-refractivity contribution in [3.05, 3.63) is 65.2 Å². The molecule has 1 aliphatic carbocycles. The molecule has 0 aliphatic heterocycles. The zero-order valence-corrected chi connectivity index (χ0v) is 15.8. The van der Waals surface area contributed by atoms with E-state index in [4.69, 9.17) is 4.74 Å². The van der Waals surface area contributed by atoms with Crippen LogP contribution in [0, 0.1) is 0 Å². The lowest BCUT2D eigenvalue weighted by Gasteiger charge is -2.21. The Morgan fingerprint density at radius 3 is 2.54 bits per heavy atom. The van der Waals surface area contributed by atoms with Crippen molar-refractivity contribution in [2.24, 2.45) is 0 Å². The summed E-state index contributed by atoms with van der Waals surface area (Å²) in [6.45, 7) is 4.73. The Balaban J connectivity index is 1.57. The van der Waals surface area contributed by atoms with Gasteiger partial charge in [0, 0.05) is 6.54 Å². The standard InChI is InChI=1S/C23H29NO2/c1-3-22(23(25)24-16-17(2)18-9-5-4-6-10-18)26-21-14-13-19-11-7-8-12-20(19)15-21/h4-6,9-10,13-15,17,22H,3,7-8,11-12,16H2,1-2H3,(H,24,25)/t17-,22+/m0/s1. The minimum atomic E-state index is -0.445. The van der Waals surface area contributed by atoms with Crippen LogP contribution in [0.2, 0.25) is 0 Å². The molecule has 0 aromatic heterocycles. The van der Waals surface area contributed by atoms with Gasteiger partial charge in [-0.05, 0) is 66.8 Å². The van der Waals surface area contributed by atoms with E-state index < -0.39 is 6.10 Å². The maximum absolute atomic E-state index is 12.6. The molecule has 0 radical (unpaired) electrons. The second-order valence-corrected chi connectivity index (χ2v) is 7.21. The molecule has 1 N–H and O–H groups in total. The number of nitrogens with one attached hydrogen (secondary N) is 1. The van der Waals surface area contributed by atoms with E-state index in [0.717, 1.165) is 18.6 Å². The van der Waals surface area contributed by atoms with E-state index in [1.807, 2.05) is 31.2 Å². The van der Waals surface area contributed by atoms with Crippen molar-refractivity contribution in [2.75, 3.05) is 6.54 Å². The smallest absolute Gasteiger partial charge is 0.261 e. The fourth-order valence-electron chi connectivity index (χ4n) is 3.54. The lowest BCUT2D eigenvalue weighted by atomic mass is 9.92. The second-order valence-electron chi connectivity index (χ2n) is 7.21. The van der Waals surface area contributed by atoms with Crippen LogP contribution in [0.25, 0.3) is 0 Å². The lowest BCUT2D eigenvalue weighted by molar-refractivity contribution is -0.128. The molecule has 0 saturated heterocycles. The number of hydrogen-bond donors (Lipinski definition) is 1. The molecule has 3 heteroatoms. The monoisotopic (exact) mass is 351 g/mol. The molecule has 26 heavy (non-hydrogen) atoms. The number of amides is 1. The van der Waals surface area contributed by atoms with Crippen molar-refractivity contribution in [1.82, 2.24) is 5.32 Å². The van der Waals surface area contributed by atoms with Gasteiger partial charge in [0.2, 0.25) is 0 Å². The van der Waals surface area contributed by atoms with Crippen LogP contribution in [0.4, 0.5) is 0 Å². The first-order valence-corrected chi connectivity index (χ1v) is 9.78. The molecular formula is C23H29NO2. The van der Waals surface area contributed by atoms with Crippen molar-refractivity contribution in [1.29, 1.82) is 0 Å². The minimum absolute atomic E-state index is 0.0343. The van der Waals surface area contributed by atoms with E-state index in [0.29, 0.717) is 13.0 Å². The molecule has 0 saturated carbocycles. The van der Waals surface area contributed by atoms with Crippen molar-refractivity contribution in [2.45, 2.75) is 58.0 Å². The van der Waals surface area contributed by atoms with Gasteiger partial charge in [-0.15, -0.1) is 0 Å². The van der Waals surface area contributed by atoms with Crippen molar-refractivity contribution >= 4 is 5.91 Å². The minimum Gasteiger partial charge on any atom is -0.481 e. The van der Waals surface area contributed by atoms with Crippen LogP contribution in [0.15, 0.2) is 48.5 Å². The van der Waals surface area contributed by atoms with E-state index in [2.05, 4.69) is 36.5 Å². The zero-order valence-electron chi connectivity index (χ0n) is 15.8. The van der Waals surface area contributed by atoms with Crippen molar-refractivity contribution < 1.29 is 9.53 Å². The van der Waals surface area contributed by atoms with Crippen LogP contribution < -0.4 is 10.1 Å². The molecule has 0 bridgehead atoms. The summed E-state index contributed by atoms with van der Waals surface area (Å²) in [6, 6.07) is 16.5. The van der Waals surface area contributed by atoms with Gasteiger partial charge in [-0.1, -0.05) is 50.2 Å². The Hall–Kier alpha value is -2.29. The molecule has 1 aliphatic rings. The SMILES string of the molecule is CC[C@@H](Oc1ccc2c(c1)CCCC2)C(=O)NC[C@H](C)c1ccccc1. The van der Waals surface area contributed by atoms with E-state index >= 15 is 0 Å². The molecule has 0 heterocycles. The molecule has 0 fully saturated rings. The predicted octanol–water partition coefficient (Wildman–Crippen LogP) is 4.64. The first-order valence-electron chi connectivity index (χ1n) is 9.78. The van der Waals surface area contributed by atoms with Gasteiger partial charge in [0.05, 0.1) is 0 Å². The summed E-state index contributed by atoms with van der Waals surface area (Å²) in [4.78, 5) is 12.6. The molecule has 1 amide bonds. The van der Waals surface area contributed by atoms with E-state index in [9.17, 15) is 4.79 Å². The number of ether oxygens (including phenoxy) is 1. The first kappa shape index (κ1) is 18.5. The molecule has 3 rings (SSSR count). The normalized spacial score (nSPS) is 15.6. The first-order chi connectivity index (χ1) is 12.7. The topological polar surface area (TPSA) is 38.3 Å². The predicted molar refractivity (Wildman–Crippen MR) is 106 cm³/mol. The third-order valence-corrected chi connectivity index (χ3v) is 5.21. The average Bonchev–Trinajstić information content (AvgIpc) is 2.70. The third kappa shape index (κ3) is 4.66. The van der Waals surface area contributed by atoms with Gasteiger partial charge in [-0.2, -0.15) is 0 Å². The van der Waals surface area contributed by atoms with Crippen molar-refractivity contribution in [3.8, 4) is 5.75 Å². The summed E-state index contributed by atoms with van der Waals surface area (Å²) >= 11 is 0. The maximum Gasteiger partial charge on any atom is 0.261 e. The number of carbonyl (C=O) groups excluding carboxylic acids is 1. The Morgan fingerprint density at radius 2 is 1.81 bits per heavy atom. The van der Waals surface area contributed by atoms with Crippen LogP contribution in [-0.4, -0.2) is 18.6 Å². The molecular weight excluding hydrogens is 322 g/mol. The van der Waals surface area contributed by atoms with Gasteiger partial charge in [-0.25, -0.2) is 0 Å². The maximum atomic E-state index is 12.6. The Bertz CT molecular complexity index is 726. The highest BCUT2D eigenvalue weighted by Gasteiger charge is 2.20. The number of aryl methyl sites for hydroxylation is 2. The number of benzene rings is 2. The average molecular weight is 351 g/mol. The summed E-state index contributed by atoms with van der Waals surface area (Å²) in [5.41, 5.74) is 4.04. The Morgan fingerprint density at radius 1 is 1.08 bits per heavy atom. The number of fused-ring (bicyclic) bond motifs is 1. The molecule has 138 valence electrons. The summed E-state index contributed by atoms with van der Waals surface area (Å²) < 4.78 is 6.02. The molecule has 2 atom stereocenters. The number of hydrogen-bond acceptors (Lipinski definition) is 2. The van der Waals surface area contributed by atoms with Crippen LogP contribution in [0.3, 0.4) is 0 Å². The zero-order chi connectivity index (χ0) is 18.4. The lowest BCUT2D eigenvalue weighted by Crippen LogP contribution is -2.39. The molecule has 3 nitrogen and oxygen atoms in total. The molecule has 0 unspecified atom stereocenters. The summed E-state index contributed by atoms with van der Waals surface area (Å²) in [5, 5.41) is 3.05. The van der Waals surface area contributed by atoms with Crippen LogP contribution in [0.5, 0.6) is 5.75 Å². The number of rotatable bonds is 7. The molecule has 0 spiro atoms. The number of carbonyl (C=O) groups is 1.